The Kier molecular flexibility index (Phi) is 6.61. The Balaban J connectivity index is 1.99. The third kappa shape index (κ3) is 6.37. The number of sulfonamides is 1. The SMILES string of the molecule is C[C@H](CNS(=O)(=O)c1ccc(C(=O)NCC(F)(F)F)cc1)c1ccccc1. The second-order valence-electron chi connectivity index (χ2n) is 5.99. The highest BCUT2D eigenvalue weighted by molar-refractivity contribution is 7.89. The van der Waals surface area contributed by atoms with Crippen LogP contribution in [0.25, 0.3) is 0 Å². The molecule has 0 bridgehead atoms. The fourth-order valence-electron chi connectivity index (χ4n) is 2.29. The zero-order chi connectivity index (χ0) is 20.1. The summed E-state index contributed by atoms with van der Waals surface area (Å²) >= 11 is 0. The van der Waals surface area contributed by atoms with Crippen molar-refractivity contribution in [2.45, 2.75) is 23.9 Å². The Bertz CT molecular complexity index is 867. The van der Waals surface area contributed by atoms with Crippen molar-refractivity contribution in [3.63, 3.8) is 0 Å². The maximum absolute atomic E-state index is 12.3. The quantitative estimate of drug-likeness (QED) is 0.750. The Morgan fingerprint density at radius 1 is 1.04 bits per heavy atom. The van der Waals surface area contributed by atoms with Crippen molar-refractivity contribution in [3.05, 3.63) is 65.7 Å². The van der Waals surface area contributed by atoms with Crippen molar-refractivity contribution in [2.24, 2.45) is 0 Å². The van der Waals surface area contributed by atoms with Crippen molar-refractivity contribution < 1.29 is 26.4 Å². The molecule has 0 heterocycles. The molecular formula is C18H19F3N2O3S. The molecule has 2 aromatic carbocycles. The first-order valence-electron chi connectivity index (χ1n) is 8.08. The number of hydrogen-bond acceptors (Lipinski definition) is 3. The largest absolute Gasteiger partial charge is 0.405 e. The van der Waals surface area contributed by atoms with Crippen molar-refractivity contribution in [3.8, 4) is 0 Å². The van der Waals surface area contributed by atoms with E-state index in [1.165, 1.54) is 24.3 Å². The van der Waals surface area contributed by atoms with Gasteiger partial charge in [0, 0.05) is 12.1 Å². The van der Waals surface area contributed by atoms with Gasteiger partial charge in [-0.3, -0.25) is 4.79 Å². The first-order valence-corrected chi connectivity index (χ1v) is 9.56. The zero-order valence-corrected chi connectivity index (χ0v) is 15.3. The maximum atomic E-state index is 12.3. The van der Waals surface area contributed by atoms with Gasteiger partial charge in [-0.1, -0.05) is 37.3 Å². The summed E-state index contributed by atoms with van der Waals surface area (Å²) in [7, 11) is -3.80. The van der Waals surface area contributed by atoms with Gasteiger partial charge >= 0.3 is 6.18 Å². The Morgan fingerprint density at radius 2 is 1.63 bits per heavy atom. The summed E-state index contributed by atoms with van der Waals surface area (Å²) in [6, 6.07) is 14.1. The van der Waals surface area contributed by atoms with E-state index in [1.807, 2.05) is 37.3 Å². The monoisotopic (exact) mass is 400 g/mol. The van der Waals surface area contributed by atoms with E-state index in [0.717, 1.165) is 5.56 Å². The molecule has 0 unspecified atom stereocenters. The molecular weight excluding hydrogens is 381 g/mol. The van der Waals surface area contributed by atoms with Gasteiger partial charge in [0.2, 0.25) is 10.0 Å². The van der Waals surface area contributed by atoms with E-state index < -0.39 is 28.7 Å². The standard InChI is InChI=1S/C18H19F3N2O3S/c1-13(14-5-3-2-4-6-14)11-23-27(25,26)16-9-7-15(8-10-16)17(24)22-12-18(19,20)21/h2-10,13,23H,11-12H2,1H3,(H,22,24)/t13-/m1/s1. The average molecular weight is 400 g/mol. The predicted molar refractivity (Wildman–Crippen MR) is 94.9 cm³/mol. The van der Waals surface area contributed by atoms with Gasteiger partial charge in [-0.2, -0.15) is 13.2 Å². The van der Waals surface area contributed by atoms with Crippen LogP contribution in [0.3, 0.4) is 0 Å². The summed E-state index contributed by atoms with van der Waals surface area (Å²) in [6.07, 6.45) is -4.52. The van der Waals surface area contributed by atoms with Crippen LogP contribution in [0.5, 0.6) is 0 Å². The normalized spacial score (nSPS) is 13.2. The first-order chi connectivity index (χ1) is 12.6. The zero-order valence-electron chi connectivity index (χ0n) is 14.5. The molecule has 2 N–H and O–H groups in total. The number of benzene rings is 2. The molecule has 0 aliphatic carbocycles. The van der Waals surface area contributed by atoms with Crippen LogP contribution in [0.15, 0.2) is 59.5 Å². The highest BCUT2D eigenvalue weighted by atomic mass is 32.2. The lowest BCUT2D eigenvalue weighted by atomic mass is 10.0. The molecule has 5 nitrogen and oxygen atoms in total. The molecule has 0 aromatic heterocycles. The summed E-state index contributed by atoms with van der Waals surface area (Å²) in [6.45, 7) is 0.608. The van der Waals surface area contributed by atoms with Crippen LogP contribution in [0.1, 0.15) is 28.8 Å². The second kappa shape index (κ2) is 8.53. The van der Waals surface area contributed by atoms with E-state index >= 15 is 0 Å². The number of rotatable bonds is 7. The van der Waals surface area contributed by atoms with Gasteiger partial charge in [0.15, 0.2) is 0 Å². The van der Waals surface area contributed by atoms with Crippen LogP contribution in [-0.2, 0) is 10.0 Å². The highest BCUT2D eigenvalue weighted by Crippen LogP contribution is 2.16. The molecule has 0 radical (unpaired) electrons. The highest BCUT2D eigenvalue weighted by Gasteiger charge is 2.28. The molecule has 1 atom stereocenters. The number of carbonyl (C=O) groups is 1. The van der Waals surface area contributed by atoms with E-state index in [2.05, 4.69) is 4.72 Å². The molecule has 0 spiro atoms. The number of amides is 1. The van der Waals surface area contributed by atoms with Gasteiger partial charge in [-0.15, -0.1) is 0 Å². The molecule has 1 amide bonds. The summed E-state index contributed by atoms with van der Waals surface area (Å²) in [5.41, 5.74) is 0.924. The fourth-order valence-corrected chi connectivity index (χ4v) is 3.42. The summed E-state index contributed by atoms with van der Waals surface area (Å²) in [5, 5.41) is 1.73. The van der Waals surface area contributed by atoms with E-state index in [4.69, 9.17) is 0 Å². The van der Waals surface area contributed by atoms with Crippen LogP contribution in [-0.4, -0.2) is 33.6 Å². The van der Waals surface area contributed by atoms with E-state index in [0.29, 0.717) is 0 Å². The average Bonchev–Trinajstić information content (AvgIpc) is 2.64. The van der Waals surface area contributed by atoms with Crippen molar-refractivity contribution in [1.29, 1.82) is 0 Å². The van der Waals surface area contributed by atoms with E-state index in [-0.39, 0.29) is 22.9 Å². The third-order valence-electron chi connectivity index (χ3n) is 3.82. The van der Waals surface area contributed by atoms with Gasteiger partial charge in [0.1, 0.15) is 6.54 Å². The lowest BCUT2D eigenvalue weighted by molar-refractivity contribution is -0.123. The molecule has 0 fully saturated rings. The Labute approximate surface area is 155 Å². The third-order valence-corrected chi connectivity index (χ3v) is 5.26. The van der Waals surface area contributed by atoms with Crippen LogP contribution in [0, 0.1) is 0 Å². The minimum atomic E-state index is -4.52. The van der Waals surface area contributed by atoms with Crippen molar-refractivity contribution >= 4 is 15.9 Å². The summed E-state index contributed by atoms with van der Waals surface area (Å²) in [5.74, 6) is -0.977. The van der Waals surface area contributed by atoms with Gasteiger partial charge in [-0.05, 0) is 35.7 Å². The molecule has 0 saturated heterocycles. The number of carbonyl (C=O) groups excluding carboxylic acids is 1. The van der Waals surface area contributed by atoms with E-state index in [9.17, 15) is 26.4 Å². The molecule has 2 rings (SSSR count). The fraction of sp³-hybridized carbons (Fsp3) is 0.278. The Hall–Kier alpha value is -2.39. The van der Waals surface area contributed by atoms with Crippen molar-refractivity contribution in [2.75, 3.05) is 13.1 Å². The molecule has 9 heteroatoms. The van der Waals surface area contributed by atoms with Gasteiger partial charge < -0.3 is 5.32 Å². The second-order valence-corrected chi connectivity index (χ2v) is 7.75. The molecule has 146 valence electrons. The smallest absolute Gasteiger partial charge is 0.343 e. The summed E-state index contributed by atoms with van der Waals surface area (Å²) in [4.78, 5) is 11.6. The lowest BCUT2D eigenvalue weighted by Crippen LogP contribution is -2.33. The lowest BCUT2D eigenvalue weighted by Gasteiger charge is -2.13. The van der Waals surface area contributed by atoms with Gasteiger partial charge in [0.05, 0.1) is 4.90 Å². The van der Waals surface area contributed by atoms with Crippen LogP contribution < -0.4 is 10.0 Å². The number of nitrogens with one attached hydrogen (secondary N) is 2. The van der Waals surface area contributed by atoms with E-state index in [1.54, 1.807) is 5.32 Å². The van der Waals surface area contributed by atoms with Gasteiger partial charge in [0.25, 0.3) is 5.91 Å². The topological polar surface area (TPSA) is 75.3 Å². The minimum absolute atomic E-state index is 0.0478. The predicted octanol–water partition coefficient (Wildman–Crippen LogP) is 3.06. The molecule has 0 aliphatic rings. The summed E-state index contributed by atoms with van der Waals surface area (Å²) < 4.78 is 63.5. The molecule has 2 aromatic rings. The molecule has 0 saturated carbocycles. The molecule has 0 aliphatic heterocycles. The molecule has 27 heavy (non-hydrogen) atoms. The van der Waals surface area contributed by atoms with Crippen LogP contribution in [0.2, 0.25) is 0 Å². The van der Waals surface area contributed by atoms with Crippen LogP contribution in [0.4, 0.5) is 13.2 Å². The minimum Gasteiger partial charge on any atom is -0.343 e. The van der Waals surface area contributed by atoms with Crippen molar-refractivity contribution in [1.82, 2.24) is 10.0 Å². The first kappa shape index (κ1) is 20.9. The Morgan fingerprint density at radius 3 is 2.19 bits per heavy atom. The van der Waals surface area contributed by atoms with Gasteiger partial charge in [-0.25, -0.2) is 13.1 Å². The van der Waals surface area contributed by atoms with Crippen LogP contribution >= 0.6 is 0 Å². The number of hydrogen-bond donors (Lipinski definition) is 2. The number of alkyl halides is 3. The number of halogens is 3. The maximum Gasteiger partial charge on any atom is 0.405 e.